The van der Waals surface area contributed by atoms with Crippen LogP contribution in [0.1, 0.15) is 19.8 Å². The average Bonchev–Trinajstić information content (AvgIpc) is 2.98. The number of aliphatic hydroxyl groups is 1. The Morgan fingerprint density at radius 1 is 1.57 bits per heavy atom. The first-order valence-corrected chi connectivity index (χ1v) is 7.19. The van der Waals surface area contributed by atoms with E-state index in [1.165, 1.54) is 6.33 Å². The number of piperidine rings is 1. The summed E-state index contributed by atoms with van der Waals surface area (Å²) in [7, 11) is 0. The number of nitrogens with zero attached hydrogens (tertiary/aromatic N) is 3. The maximum atomic E-state index is 11.8. The smallest absolute Gasteiger partial charge is 0.222 e. The molecular weight excluding hydrogens is 270 g/mol. The van der Waals surface area contributed by atoms with Crippen LogP contribution in [-0.4, -0.2) is 56.1 Å². The second-order valence-electron chi connectivity index (χ2n) is 5.26. The standard InChI is InChI=1S/C14H19N5O2/c1-2-12(21)19-6-4-11(20)10(7-19)18-14-9-3-5-15-13(9)16-8-17-14/h3,5,8,10-11,20H,2,4,6-7H2,1H3,(H2,15,16,17,18). The number of rotatable bonds is 3. The zero-order valence-corrected chi connectivity index (χ0v) is 11.9. The quantitative estimate of drug-likeness (QED) is 0.775. The molecule has 1 fully saturated rings. The number of hydrogen-bond acceptors (Lipinski definition) is 5. The largest absolute Gasteiger partial charge is 0.391 e. The number of H-pyrrole nitrogens is 1. The summed E-state index contributed by atoms with van der Waals surface area (Å²) < 4.78 is 0. The van der Waals surface area contributed by atoms with Gasteiger partial charge < -0.3 is 20.3 Å². The van der Waals surface area contributed by atoms with Crippen LogP contribution in [0.2, 0.25) is 0 Å². The summed E-state index contributed by atoms with van der Waals surface area (Å²) in [6, 6.07) is 1.67. The zero-order chi connectivity index (χ0) is 14.8. The van der Waals surface area contributed by atoms with Gasteiger partial charge in [-0.2, -0.15) is 0 Å². The van der Waals surface area contributed by atoms with Crippen LogP contribution in [0.5, 0.6) is 0 Å². The Kier molecular flexibility index (Phi) is 3.74. The lowest BCUT2D eigenvalue weighted by Gasteiger charge is -2.36. The molecule has 2 aromatic heterocycles. The van der Waals surface area contributed by atoms with Gasteiger partial charge in [0.1, 0.15) is 17.8 Å². The first-order valence-electron chi connectivity index (χ1n) is 7.19. The highest BCUT2D eigenvalue weighted by atomic mass is 16.3. The molecule has 0 bridgehead atoms. The van der Waals surface area contributed by atoms with Crippen molar-refractivity contribution in [3.05, 3.63) is 18.6 Å². The van der Waals surface area contributed by atoms with Crippen molar-refractivity contribution in [3.63, 3.8) is 0 Å². The van der Waals surface area contributed by atoms with Crippen LogP contribution in [-0.2, 0) is 4.79 Å². The second-order valence-corrected chi connectivity index (χ2v) is 5.26. The third-order valence-corrected chi connectivity index (χ3v) is 3.91. The topological polar surface area (TPSA) is 94.1 Å². The molecule has 7 heteroatoms. The van der Waals surface area contributed by atoms with Crippen molar-refractivity contribution in [1.29, 1.82) is 0 Å². The van der Waals surface area contributed by atoms with Crippen LogP contribution in [0.3, 0.4) is 0 Å². The van der Waals surface area contributed by atoms with Gasteiger partial charge in [0.15, 0.2) is 0 Å². The monoisotopic (exact) mass is 289 g/mol. The van der Waals surface area contributed by atoms with Crippen LogP contribution in [0, 0.1) is 0 Å². The number of fused-ring (bicyclic) bond motifs is 1. The van der Waals surface area contributed by atoms with Crippen molar-refractivity contribution in [3.8, 4) is 0 Å². The molecule has 0 radical (unpaired) electrons. The van der Waals surface area contributed by atoms with Gasteiger partial charge in [-0.05, 0) is 12.5 Å². The minimum absolute atomic E-state index is 0.114. The summed E-state index contributed by atoms with van der Waals surface area (Å²) in [5.74, 6) is 0.791. The molecule has 2 atom stereocenters. The summed E-state index contributed by atoms with van der Waals surface area (Å²) in [6.07, 6.45) is 3.85. The maximum Gasteiger partial charge on any atom is 0.222 e. The van der Waals surface area contributed by atoms with Gasteiger partial charge >= 0.3 is 0 Å². The molecule has 0 spiro atoms. The van der Waals surface area contributed by atoms with Crippen molar-refractivity contribution in [1.82, 2.24) is 19.9 Å². The summed E-state index contributed by atoms with van der Waals surface area (Å²) in [5.41, 5.74) is 0.749. The number of aromatic nitrogens is 3. The normalized spacial score (nSPS) is 22.5. The minimum atomic E-state index is -0.491. The molecule has 3 heterocycles. The second kappa shape index (κ2) is 5.69. The number of nitrogens with one attached hydrogen (secondary N) is 2. The van der Waals surface area contributed by atoms with Gasteiger partial charge in [-0.3, -0.25) is 4.79 Å². The first kappa shape index (κ1) is 13.8. The molecule has 0 aliphatic carbocycles. The molecule has 2 aromatic rings. The Balaban J connectivity index is 1.79. The lowest BCUT2D eigenvalue weighted by Crippen LogP contribution is -2.52. The molecular formula is C14H19N5O2. The number of amides is 1. The van der Waals surface area contributed by atoms with E-state index >= 15 is 0 Å². The van der Waals surface area contributed by atoms with E-state index in [2.05, 4.69) is 20.3 Å². The molecule has 1 saturated heterocycles. The predicted molar refractivity (Wildman–Crippen MR) is 78.8 cm³/mol. The van der Waals surface area contributed by atoms with Gasteiger partial charge in [-0.15, -0.1) is 0 Å². The summed E-state index contributed by atoms with van der Waals surface area (Å²) in [4.78, 5) is 25.0. The van der Waals surface area contributed by atoms with Gasteiger partial charge in [-0.25, -0.2) is 9.97 Å². The molecule has 112 valence electrons. The van der Waals surface area contributed by atoms with Gasteiger partial charge in [0.25, 0.3) is 0 Å². The van der Waals surface area contributed by atoms with Gasteiger partial charge in [0.05, 0.1) is 17.5 Å². The zero-order valence-electron chi connectivity index (χ0n) is 11.9. The molecule has 7 nitrogen and oxygen atoms in total. The molecule has 1 aliphatic rings. The van der Waals surface area contributed by atoms with E-state index < -0.39 is 6.10 Å². The first-order chi connectivity index (χ1) is 10.2. The molecule has 2 unspecified atom stereocenters. The van der Waals surface area contributed by atoms with E-state index in [1.807, 2.05) is 13.0 Å². The molecule has 3 rings (SSSR count). The molecule has 0 aromatic carbocycles. The molecule has 1 amide bonds. The number of likely N-dealkylation sites (tertiary alicyclic amines) is 1. The Labute approximate surface area is 122 Å². The number of aromatic amines is 1. The Morgan fingerprint density at radius 3 is 3.24 bits per heavy atom. The number of aliphatic hydroxyl groups excluding tert-OH is 1. The third kappa shape index (κ3) is 2.69. The fraction of sp³-hybridized carbons (Fsp3) is 0.500. The number of carbonyl (C=O) groups is 1. The van der Waals surface area contributed by atoms with E-state index in [1.54, 1.807) is 11.1 Å². The Bertz CT molecular complexity index is 641. The highest BCUT2D eigenvalue weighted by Crippen LogP contribution is 2.21. The van der Waals surface area contributed by atoms with E-state index in [4.69, 9.17) is 0 Å². The van der Waals surface area contributed by atoms with Crippen LogP contribution in [0.25, 0.3) is 11.0 Å². The highest BCUT2D eigenvalue weighted by molar-refractivity contribution is 5.86. The molecule has 3 N–H and O–H groups in total. The van der Waals surface area contributed by atoms with E-state index in [0.717, 1.165) is 11.0 Å². The fourth-order valence-corrected chi connectivity index (χ4v) is 2.69. The summed E-state index contributed by atoms with van der Waals surface area (Å²) in [5, 5.41) is 14.3. The third-order valence-electron chi connectivity index (χ3n) is 3.91. The Hall–Kier alpha value is -2.15. The van der Waals surface area contributed by atoms with Crippen LogP contribution in [0.15, 0.2) is 18.6 Å². The molecule has 1 aliphatic heterocycles. The highest BCUT2D eigenvalue weighted by Gasteiger charge is 2.30. The maximum absolute atomic E-state index is 11.8. The van der Waals surface area contributed by atoms with Crippen molar-refractivity contribution >= 4 is 22.8 Å². The number of hydrogen-bond donors (Lipinski definition) is 3. The summed E-state index contributed by atoms with van der Waals surface area (Å²) >= 11 is 0. The molecule has 21 heavy (non-hydrogen) atoms. The lowest BCUT2D eigenvalue weighted by molar-refractivity contribution is -0.133. The predicted octanol–water partition coefficient (Wildman–Crippen LogP) is 0.742. The fourth-order valence-electron chi connectivity index (χ4n) is 2.69. The minimum Gasteiger partial charge on any atom is -0.391 e. The van der Waals surface area contributed by atoms with E-state index in [0.29, 0.717) is 31.7 Å². The molecule has 0 saturated carbocycles. The van der Waals surface area contributed by atoms with Crippen molar-refractivity contribution in [2.75, 3.05) is 18.4 Å². The van der Waals surface area contributed by atoms with Gasteiger partial charge in [0.2, 0.25) is 5.91 Å². The number of anilines is 1. The van der Waals surface area contributed by atoms with E-state index in [9.17, 15) is 9.90 Å². The lowest BCUT2D eigenvalue weighted by atomic mass is 10.0. The van der Waals surface area contributed by atoms with Gasteiger partial charge in [-0.1, -0.05) is 6.92 Å². The number of carbonyl (C=O) groups excluding carboxylic acids is 1. The average molecular weight is 289 g/mol. The van der Waals surface area contributed by atoms with Crippen LogP contribution in [0.4, 0.5) is 5.82 Å². The SMILES string of the molecule is CCC(=O)N1CCC(O)C(Nc2ncnc3[nH]ccc23)C1. The van der Waals surface area contributed by atoms with Crippen molar-refractivity contribution < 1.29 is 9.90 Å². The summed E-state index contributed by atoms with van der Waals surface area (Å²) in [6.45, 7) is 2.95. The Morgan fingerprint density at radius 2 is 2.43 bits per heavy atom. The van der Waals surface area contributed by atoms with Gasteiger partial charge in [0, 0.05) is 25.7 Å². The van der Waals surface area contributed by atoms with Crippen molar-refractivity contribution in [2.45, 2.75) is 31.9 Å². The van der Waals surface area contributed by atoms with E-state index in [-0.39, 0.29) is 11.9 Å². The van der Waals surface area contributed by atoms with Crippen LogP contribution >= 0.6 is 0 Å². The van der Waals surface area contributed by atoms with Crippen LogP contribution < -0.4 is 5.32 Å². The van der Waals surface area contributed by atoms with Crippen molar-refractivity contribution in [2.24, 2.45) is 0 Å².